The summed E-state index contributed by atoms with van der Waals surface area (Å²) in [6, 6.07) is 0. The Kier molecular flexibility index (Phi) is 5.95. The molecule has 7 heteroatoms. The second-order valence-electron chi connectivity index (χ2n) is 5.65. The highest BCUT2D eigenvalue weighted by Crippen LogP contribution is 2.53. The standard InChI is InChI=1S/C16H24O7/c1-9-10(18-5)12(20-7)13(21-8)14(11(9)19-6)22-15(17)23-16(2,3)4/h1-8H3. The van der Waals surface area contributed by atoms with E-state index in [1.54, 1.807) is 27.7 Å². The average Bonchev–Trinajstić information content (AvgIpc) is 2.44. The van der Waals surface area contributed by atoms with Gasteiger partial charge in [-0.1, -0.05) is 0 Å². The zero-order chi connectivity index (χ0) is 17.8. The van der Waals surface area contributed by atoms with Gasteiger partial charge < -0.3 is 28.4 Å². The second-order valence-corrected chi connectivity index (χ2v) is 5.65. The minimum absolute atomic E-state index is 0.0689. The molecule has 0 aliphatic carbocycles. The van der Waals surface area contributed by atoms with Crippen LogP contribution < -0.4 is 23.7 Å². The summed E-state index contributed by atoms with van der Waals surface area (Å²) in [5.41, 5.74) is -0.0883. The lowest BCUT2D eigenvalue weighted by Gasteiger charge is -2.22. The number of benzene rings is 1. The maximum Gasteiger partial charge on any atom is 0.514 e. The van der Waals surface area contributed by atoms with Crippen molar-refractivity contribution < 1.29 is 33.2 Å². The Balaban J connectivity index is 3.45. The third-order valence-corrected chi connectivity index (χ3v) is 2.90. The number of carbonyl (C=O) groups is 1. The largest absolute Gasteiger partial charge is 0.514 e. The lowest BCUT2D eigenvalue weighted by atomic mass is 10.1. The molecule has 0 bridgehead atoms. The normalized spacial score (nSPS) is 10.8. The fourth-order valence-corrected chi connectivity index (χ4v) is 2.06. The average molecular weight is 328 g/mol. The zero-order valence-corrected chi connectivity index (χ0v) is 14.9. The van der Waals surface area contributed by atoms with Crippen molar-refractivity contribution in [2.24, 2.45) is 0 Å². The van der Waals surface area contributed by atoms with E-state index in [0.717, 1.165) is 0 Å². The molecule has 0 heterocycles. The van der Waals surface area contributed by atoms with Crippen LogP contribution in [0.25, 0.3) is 0 Å². The van der Waals surface area contributed by atoms with Gasteiger partial charge in [0.05, 0.1) is 28.4 Å². The summed E-state index contributed by atoms with van der Waals surface area (Å²) in [6.45, 7) is 6.97. The summed E-state index contributed by atoms with van der Waals surface area (Å²) < 4.78 is 31.8. The molecular formula is C16H24O7. The summed E-state index contributed by atoms with van der Waals surface area (Å²) in [5.74, 6) is 1.27. The van der Waals surface area contributed by atoms with Crippen LogP contribution in [0, 0.1) is 6.92 Å². The topological polar surface area (TPSA) is 72.5 Å². The van der Waals surface area contributed by atoms with Crippen LogP contribution in [-0.4, -0.2) is 40.2 Å². The van der Waals surface area contributed by atoms with Crippen LogP contribution in [0.1, 0.15) is 26.3 Å². The van der Waals surface area contributed by atoms with Crippen molar-refractivity contribution in [1.82, 2.24) is 0 Å². The van der Waals surface area contributed by atoms with Gasteiger partial charge >= 0.3 is 6.16 Å². The maximum absolute atomic E-state index is 12.0. The third-order valence-electron chi connectivity index (χ3n) is 2.90. The van der Waals surface area contributed by atoms with E-state index in [4.69, 9.17) is 28.4 Å². The Morgan fingerprint density at radius 3 is 1.52 bits per heavy atom. The molecule has 7 nitrogen and oxygen atoms in total. The van der Waals surface area contributed by atoms with Gasteiger partial charge in [0.1, 0.15) is 5.60 Å². The van der Waals surface area contributed by atoms with E-state index < -0.39 is 11.8 Å². The van der Waals surface area contributed by atoms with Gasteiger partial charge in [-0.15, -0.1) is 0 Å². The molecule has 0 aliphatic heterocycles. The minimum atomic E-state index is -0.874. The van der Waals surface area contributed by atoms with Gasteiger partial charge in [0.15, 0.2) is 11.5 Å². The molecule has 0 aromatic heterocycles. The maximum atomic E-state index is 12.0. The number of ether oxygens (including phenoxy) is 6. The number of hydrogen-bond acceptors (Lipinski definition) is 7. The molecule has 23 heavy (non-hydrogen) atoms. The highest BCUT2D eigenvalue weighted by atomic mass is 16.7. The van der Waals surface area contributed by atoms with E-state index in [0.29, 0.717) is 22.8 Å². The molecule has 0 spiro atoms. The molecule has 1 aromatic carbocycles. The fourth-order valence-electron chi connectivity index (χ4n) is 2.06. The van der Waals surface area contributed by atoms with Gasteiger partial charge in [-0.2, -0.15) is 0 Å². The van der Waals surface area contributed by atoms with E-state index in [1.165, 1.54) is 28.4 Å². The van der Waals surface area contributed by atoms with Gasteiger partial charge in [-0.05, 0) is 27.7 Å². The molecule has 1 aromatic rings. The zero-order valence-electron chi connectivity index (χ0n) is 14.9. The first-order valence-corrected chi connectivity index (χ1v) is 6.97. The first kappa shape index (κ1) is 18.7. The molecule has 0 aliphatic rings. The molecule has 0 radical (unpaired) electrons. The summed E-state index contributed by atoms with van der Waals surface area (Å²) in [4.78, 5) is 12.0. The molecule has 0 saturated heterocycles. The SMILES string of the molecule is COc1c(C)c(OC)c(OC(=O)OC(C)(C)C)c(OC)c1OC. The van der Waals surface area contributed by atoms with Crippen LogP contribution in [0.3, 0.4) is 0 Å². The third kappa shape index (κ3) is 4.12. The van der Waals surface area contributed by atoms with Crippen LogP contribution >= 0.6 is 0 Å². The summed E-state index contributed by atoms with van der Waals surface area (Å²) in [5, 5.41) is 0. The molecule has 0 N–H and O–H groups in total. The van der Waals surface area contributed by atoms with Crippen LogP contribution in [0.15, 0.2) is 0 Å². The van der Waals surface area contributed by atoms with Gasteiger partial charge in [0.2, 0.25) is 17.2 Å². The Morgan fingerprint density at radius 2 is 1.13 bits per heavy atom. The Morgan fingerprint density at radius 1 is 0.739 bits per heavy atom. The van der Waals surface area contributed by atoms with Crippen molar-refractivity contribution in [3.63, 3.8) is 0 Å². The van der Waals surface area contributed by atoms with E-state index in [2.05, 4.69) is 0 Å². The molecule has 130 valence electrons. The summed E-state index contributed by atoms with van der Waals surface area (Å²) in [6.07, 6.45) is -0.874. The summed E-state index contributed by atoms with van der Waals surface area (Å²) in [7, 11) is 5.84. The number of rotatable bonds is 5. The van der Waals surface area contributed by atoms with E-state index >= 15 is 0 Å². The highest BCUT2D eigenvalue weighted by molar-refractivity contribution is 5.75. The van der Waals surface area contributed by atoms with Crippen LogP contribution in [0.2, 0.25) is 0 Å². The minimum Gasteiger partial charge on any atom is -0.492 e. The van der Waals surface area contributed by atoms with E-state index in [9.17, 15) is 4.79 Å². The van der Waals surface area contributed by atoms with Gasteiger partial charge in [-0.25, -0.2) is 4.79 Å². The lowest BCUT2D eigenvalue weighted by Crippen LogP contribution is -2.26. The highest BCUT2D eigenvalue weighted by Gasteiger charge is 2.29. The molecule has 0 unspecified atom stereocenters. The molecule has 0 fully saturated rings. The van der Waals surface area contributed by atoms with Crippen LogP contribution in [0.5, 0.6) is 28.7 Å². The number of hydrogen-bond donors (Lipinski definition) is 0. The Labute approximate surface area is 136 Å². The van der Waals surface area contributed by atoms with Gasteiger partial charge in [-0.3, -0.25) is 0 Å². The predicted octanol–water partition coefficient (Wildman–Crippen LogP) is 3.34. The molecule has 0 atom stereocenters. The Bertz CT molecular complexity index is 573. The quantitative estimate of drug-likeness (QED) is 0.606. The van der Waals surface area contributed by atoms with Crippen molar-refractivity contribution in [2.75, 3.05) is 28.4 Å². The van der Waals surface area contributed by atoms with Gasteiger partial charge in [0.25, 0.3) is 0 Å². The smallest absolute Gasteiger partial charge is 0.492 e. The molecule has 0 amide bonds. The van der Waals surface area contributed by atoms with Crippen molar-refractivity contribution in [3.8, 4) is 28.7 Å². The number of methoxy groups -OCH3 is 4. The van der Waals surface area contributed by atoms with Crippen molar-refractivity contribution in [3.05, 3.63) is 5.56 Å². The summed E-state index contributed by atoms with van der Waals surface area (Å²) >= 11 is 0. The molecule has 0 saturated carbocycles. The molecular weight excluding hydrogens is 304 g/mol. The predicted molar refractivity (Wildman–Crippen MR) is 84.2 cm³/mol. The van der Waals surface area contributed by atoms with E-state index in [1.807, 2.05) is 0 Å². The first-order chi connectivity index (χ1) is 10.7. The Hall–Kier alpha value is -2.31. The van der Waals surface area contributed by atoms with Crippen molar-refractivity contribution in [2.45, 2.75) is 33.3 Å². The monoisotopic (exact) mass is 328 g/mol. The second kappa shape index (κ2) is 7.30. The molecule has 1 rings (SSSR count). The van der Waals surface area contributed by atoms with Crippen molar-refractivity contribution >= 4 is 6.16 Å². The van der Waals surface area contributed by atoms with Gasteiger partial charge in [0, 0.05) is 5.56 Å². The van der Waals surface area contributed by atoms with E-state index in [-0.39, 0.29) is 11.5 Å². The fraction of sp³-hybridized carbons (Fsp3) is 0.562. The van der Waals surface area contributed by atoms with Crippen LogP contribution in [0.4, 0.5) is 4.79 Å². The first-order valence-electron chi connectivity index (χ1n) is 6.97. The van der Waals surface area contributed by atoms with Crippen molar-refractivity contribution in [1.29, 1.82) is 0 Å². The lowest BCUT2D eigenvalue weighted by molar-refractivity contribution is 0.0194. The number of carbonyl (C=O) groups excluding carboxylic acids is 1. The van der Waals surface area contributed by atoms with Crippen LogP contribution in [-0.2, 0) is 4.74 Å².